The minimum Gasteiger partial charge on any atom is -0.384 e. The lowest BCUT2D eigenvalue weighted by molar-refractivity contribution is -0.138. The van der Waals surface area contributed by atoms with Crippen LogP contribution in [0.15, 0.2) is 18.2 Å². The maximum absolute atomic E-state index is 11.7. The van der Waals surface area contributed by atoms with Crippen molar-refractivity contribution in [2.45, 2.75) is 39.2 Å². The molecule has 1 amide bonds. The van der Waals surface area contributed by atoms with Crippen molar-refractivity contribution in [3.8, 4) is 0 Å². The molecule has 1 aromatic carbocycles. The minimum absolute atomic E-state index is 0.151. The van der Waals surface area contributed by atoms with Crippen LogP contribution in [0.2, 0.25) is 0 Å². The van der Waals surface area contributed by atoms with Gasteiger partial charge in [-0.25, -0.2) is 0 Å². The van der Waals surface area contributed by atoms with E-state index in [1.54, 1.807) is 4.90 Å². The average Bonchev–Trinajstić information content (AvgIpc) is 2.75. The fourth-order valence-corrected chi connectivity index (χ4v) is 2.74. The highest BCUT2D eigenvalue weighted by atomic mass is 16.3. The van der Waals surface area contributed by atoms with Gasteiger partial charge in [0.2, 0.25) is 0 Å². The van der Waals surface area contributed by atoms with Gasteiger partial charge in [0.05, 0.1) is 0 Å². The first-order chi connectivity index (χ1) is 8.47. The topological polar surface area (TPSA) is 40.5 Å². The summed E-state index contributed by atoms with van der Waals surface area (Å²) in [5.74, 6) is 0.258. The standard InChI is InChI=1S/C15H21NO2/c1-10-6-11(2)8-14(7-10)13-4-5-16(9-13)15(18)12(3)17/h6-8,12-13,17H,4-5,9H2,1-3H3/t12-,13+/m1/s1. The van der Waals surface area contributed by atoms with E-state index in [0.717, 1.165) is 19.5 Å². The van der Waals surface area contributed by atoms with Crippen LogP contribution in [0.5, 0.6) is 0 Å². The Morgan fingerprint density at radius 3 is 2.50 bits per heavy atom. The zero-order valence-electron chi connectivity index (χ0n) is 11.3. The number of carbonyl (C=O) groups is 1. The smallest absolute Gasteiger partial charge is 0.251 e. The van der Waals surface area contributed by atoms with E-state index in [0.29, 0.717) is 5.92 Å². The number of hydrogen-bond acceptors (Lipinski definition) is 2. The summed E-state index contributed by atoms with van der Waals surface area (Å²) in [4.78, 5) is 13.5. The highest BCUT2D eigenvalue weighted by molar-refractivity contribution is 5.80. The van der Waals surface area contributed by atoms with Crippen molar-refractivity contribution in [3.05, 3.63) is 34.9 Å². The van der Waals surface area contributed by atoms with Gasteiger partial charge in [0.15, 0.2) is 0 Å². The third-order valence-electron chi connectivity index (χ3n) is 3.57. The molecule has 1 aromatic rings. The number of aliphatic hydroxyl groups excluding tert-OH is 1. The van der Waals surface area contributed by atoms with Crippen molar-refractivity contribution in [1.29, 1.82) is 0 Å². The van der Waals surface area contributed by atoms with Crippen LogP contribution < -0.4 is 0 Å². The second-order valence-corrected chi connectivity index (χ2v) is 5.37. The Bertz CT molecular complexity index is 434. The molecule has 1 fully saturated rings. The average molecular weight is 247 g/mol. The molecule has 1 aliphatic rings. The van der Waals surface area contributed by atoms with Crippen molar-refractivity contribution in [1.82, 2.24) is 4.90 Å². The predicted octanol–water partition coefficient (Wildman–Crippen LogP) is 2.00. The molecule has 1 saturated heterocycles. The highest BCUT2D eigenvalue weighted by Gasteiger charge is 2.29. The van der Waals surface area contributed by atoms with E-state index in [1.807, 2.05) is 0 Å². The Kier molecular flexibility index (Phi) is 3.71. The van der Waals surface area contributed by atoms with E-state index in [-0.39, 0.29) is 5.91 Å². The van der Waals surface area contributed by atoms with Crippen LogP contribution in [0, 0.1) is 13.8 Å². The van der Waals surface area contributed by atoms with E-state index in [1.165, 1.54) is 23.6 Å². The molecular formula is C15H21NO2. The molecule has 0 spiro atoms. The van der Waals surface area contributed by atoms with E-state index in [9.17, 15) is 9.90 Å². The van der Waals surface area contributed by atoms with Gasteiger partial charge >= 0.3 is 0 Å². The fourth-order valence-electron chi connectivity index (χ4n) is 2.74. The minimum atomic E-state index is -0.886. The van der Waals surface area contributed by atoms with Crippen LogP contribution in [-0.2, 0) is 4.79 Å². The summed E-state index contributed by atoms with van der Waals surface area (Å²) in [5, 5.41) is 9.34. The van der Waals surface area contributed by atoms with Crippen LogP contribution in [0.25, 0.3) is 0 Å². The number of aryl methyl sites for hydroxylation is 2. The molecule has 0 bridgehead atoms. The number of rotatable bonds is 2. The summed E-state index contributed by atoms with van der Waals surface area (Å²) in [6.07, 6.45) is 0.101. The first-order valence-corrected chi connectivity index (χ1v) is 6.52. The molecule has 0 aromatic heterocycles. The summed E-state index contributed by atoms with van der Waals surface area (Å²) >= 11 is 0. The van der Waals surface area contributed by atoms with Crippen LogP contribution in [0.3, 0.4) is 0 Å². The summed E-state index contributed by atoms with van der Waals surface area (Å²) in [6.45, 7) is 7.22. The third kappa shape index (κ3) is 2.72. The zero-order valence-corrected chi connectivity index (χ0v) is 11.3. The van der Waals surface area contributed by atoms with Gasteiger partial charge in [-0.1, -0.05) is 29.3 Å². The molecular weight excluding hydrogens is 226 g/mol. The van der Waals surface area contributed by atoms with E-state index < -0.39 is 6.10 Å². The molecule has 3 heteroatoms. The second kappa shape index (κ2) is 5.11. The Balaban J connectivity index is 2.11. The summed E-state index contributed by atoms with van der Waals surface area (Å²) in [5.41, 5.74) is 3.85. The second-order valence-electron chi connectivity index (χ2n) is 5.37. The molecule has 0 aliphatic carbocycles. The number of aliphatic hydroxyl groups is 1. The molecule has 2 rings (SSSR count). The highest BCUT2D eigenvalue weighted by Crippen LogP contribution is 2.28. The summed E-state index contributed by atoms with van der Waals surface area (Å²) in [6, 6.07) is 6.57. The van der Waals surface area contributed by atoms with Gasteiger partial charge in [0, 0.05) is 19.0 Å². The van der Waals surface area contributed by atoms with Gasteiger partial charge in [0.25, 0.3) is 5.91 Å². The number of amides is 1. The normalized spacial score (nSPS) is 21.1. The van der Waals surface area contributed by atoms with Gasteiger partial charge in [-0.2, -0.15) is 0 Å². The van der Waals surface area contributed by atoms with Crippen LogP contribution in [0.1, 0.15) is 36.0 Å². The SMILES string of the molecule is Cc1cc(C)cc([C@H]2CCN(C(=O)[C@@H](C)O)C2)c1. The van der Waals surface area contributed by atoms with Crippen LogP contribution in [-0.4, -0.2) is 35.1 Å². The van der Waals surface area contributed by atoms with Crippen molar-refractivity contribution < 1.29 is 9.90 Å². The molecule has 1 heterocycles. The maximum Gasteiger partial charge on any atom is 0.251 e. The van der Waals surface area contributed by atoms with Gasteiger partial charge in [-0.3, -0.25) is 4.79 Å². The van der Waals surface area contributed by atoms with Crippen LogP contribution in [0.4, 0.5) is 0 Å². The monoisotopic (exact) mass is 247 g/mol. The zero-order chi connectivity index (χ0) is 13.3. The molecule has 18 heavy (non-hydrogen) atoms. The molecule has 1 aliphatic heterocycles. The number of benzene rings is 1. The van der Waals surface area contributed by atoms with E-state index in [4.69, 9.17) is 0 Å². The summed E-state index contributed by atoms with van der Waals surface area (Å²) in [7, 11) is 0. The molecule has 3 nitrogen and oxygen atoms in total. The lowest BCUT2D eigenvalue weighted by Gasteiger charge is -2.18. The van der Waals surface area contributed by atoms with Crippen LogP contribution >= 0.6 is 0 Å². The quantitative estimate of drug-likeness (QED) is 0.868. The van der Waals surface area contributed by atoms with Crippen molar-refractivity contribution in [2.24, 2.45) is 0 Å². The van der Waals surface area contributed by atoms with Gasteiger partial charge in [-0.05, 0) is 32.8 Å². The van der Waals surface area contributed by atoms with Crippen molar-refractivity contribution >= 4 is 5.91 Å². The summed E-state index contributed by atoms with van der Waals surface area (Å²) < 4.78 is 0. The van der Waals surface area contributed by atoms with Gasteiger partial charge < -0.3 is 10.0 Å². The molecule has 1 N–H and O–H groups in total. The fraction of sp³-hybridized carbons (Fsp3) is 0.533. The molecule has 0 unspecified atom stereocenters. The number of carbonyl (C=O) groups excluding carboxylic acids is 1. The lowest BCUT2D eigenvalue weighted by Crippen LogP contribution is -2.35. The molecule has 0 saturated carbocycles. The predicted molar refractivity (Wildman–Crippen MR) is 71.5 cm³/mol. The van der Waals surface area contributed by atoms with E-state index >= 15 is 0 Å². The van der Waals surface area contributed by atoms with Gasteiger partial charge in [0.1, 0.15) is 6.10 Å². The molecule has 0 radical (unpaired) electrons. The Morgan fingerprint density at radius 2 is 1.94 bits per heavy atom. The number of nitrogens with zero attached hydrogens (tertiary/aromatic N) is 1. The maximum atomic E-state index is 11.7. The Hall–Kier alpha value is -1.35. The lowest BCUT2D eigenvalue weighted by atomic mass is 9.95. The molecule has 2 atom stereocenters. The molecule has 98 valence electrons. The Labute approximate surface area is 108 Å². The van der Waals surface area contributed by atoms with E-state index in [2.05, 4.69) is 32.0 Å². The number of likely N-dealkylation sites (tertiary alicyclic amines) is 1. The Morgan fingerprint density at radius 1 is 1.33 bits per heavy atom. The third-order valence-corrected chi connectivity index (χ3v) is 3.57. The van der Waals surface area contributed by atoms with Gasteiger partial charge in [-0.15, -0.1) is 0 Å². The first-order valence-electron chi connectivity index (χ1n) is 6.52. The number of hydrogen-bond donors (Lipinski definition) is 1. The van der Waals surface area contributed by atoms with Crippen molar-refractivity contribution in [3.63, 3.8) is 0 Å². The first kappa shape index (κ1) is 13.1. The largest absolute Gasteiger partial charge is 0.384 e. The van der Waals surface area contributed by atoms with Crippen molar-refractivity contribution in [2.75, 3.05) is 13.1 Å².